The smallest absolute Gasteiger partial charge is 0.378 e. The van der Waals surface area contributed by atoms with Gasteiger partial charge in [-0.25, -0.2) is 0 Å². The lowest BCUT2D eigenvalue weighted by Gasteiger charge is -2.57. The molecule has 8 heteroatoms. The Balaban J connectivity index is 0.00000338. The zero-order chi connectivity index (χ0) is 18.9. The summed E-state index contributed by atoms with van der Waals surface area (Å²) >= 11 is 0. The minimum absolute atomic E-state index is 0. The Labute approximate surface area is 158 Å². The minimum Gasteiger partial charge on any atom is -0.378 e. The zero-order valence-corrected chi connectivity index (χ0v) is 16.0. The Morgan fingerprint density at radius 3 is 2.58 bits per heavy atom. The van der Waals surface area contributed by atoms with Crippen molar-refractivity contribution in [2.45, 2.75) is 57.9 Å². The van der Waals surface area contributed by atoms with Crippen LogP contribution in [0, 0.1) is 5.41 Å². The van der Waals surface area contributed by atoms with Crippen LogP contribution in [-0.2, 0) is 16.0 Å². The standard InChI is InChI=1S/C18H25F3N2O2.ClH/c1-4-25-14-11-17(22,16(14,2)3)15(24)23-13-7-5-6-12(10-13)8-9-18(19,20)21;/h5-7,10,14H,4,8-9,11,22H2,1-3H3,(H,23,24);1H. The number of nitrogens with one attached hydrogen (secondary N) is 1. The summed E-state index contributed by atoms with van der Waals surface area (Å²) in [6.45, 7) is 6.21. The normalized spacial score (nSPS) is 24.3. The molecule has 0 radical (unpaired) electrons. The number of ether oxygens (including phenoxy) is 1. The second kappa shape index (κ2) is 8.15. The van der Waals surface area contributed by atoms with Crippen molar-refractivity contribution in [3.63, 3.8) is 0 Å². The molecule has 0 aliphatic heterocycles. The van der Waals surface area contributed by atoms with Gasteiger partial charge in [-0.15, -0.1) is 12.4 Å². The maximum Gasteiger partial charge on any atom is 0.389 e. The Bertz CT molecular complexity index is 637. The molecule has 1 amide bonds. The fourth-order valence-electron chi connectivity index (χ4n) is 3.15. The average Bonchev–Trinajstić information content (AvgIpc) is 2.52. The van der Waals surface area contributed by atoms with Gasteiger partial charge in [-0.1, -0.05) is 26.0 Å². The summed E-state index contributed by atoms with van der Waals surface area (Å²) < 4.78 is 42.7. The van der Waals surface area contributed by atoms with Crippen LogP contribution in [0.25, 0.3) is 0 Å². The highest BCUT2D eigenvalue weighted by Crippen LogP contribution is 2.50. The molecule has 0 heterocycles. The van der Waals surface area contributed by atoms with Gasteiger partial charge < -0.3 is 15.8 Å². The molecule has 1 saturated carbocycles. The van der Waals surface area contributed by atoms with Crippen LogP contribution in [0.15, 0.2) is 24.3 Å². The number of benzene rings is 1. The Morgan fingerprint density at radius 2 is 2.04 bits per heavy atom. The van der Waals surface area contributed by atoms with Gasteiger partial charge in [0.1, 0.15) is 5.54 Å². The minimum atomic E-state index is -4.20. The zero-order valence-electron chi connectivity index (χ0n) is 15.2. The molecule has 0 bridgehead atoms. The summed E-state index contributed by atoms with van der Waals surface area (Å²) in [5, 5.41) is 2.74. The highest BCUT2D eigenvalue weighted by Gasteiger charge is 2.62. The summed E-state index contributed by atoms with van der Waals surface area (Å²) in [6.07, 6.45) is -4.91. The van der Waals surface area contributed by atoms with Crippen molar-refractivity contribution >= 4 is 24.0 Å². The molecule has 1 aromatic rings. The lowest BCUT2D eigenvalue weighted by molar-refractivity contribution is -0.166. The van der Waals surface area contributed by atoms with Gasteiger partial charge in [0.05, 0.1) is 6.10 Å². The summed E-state index contributed by atoms with van der Waals surface area (Å²) in [7, 11) is 0. The monoisotopic (exact) mass is 394 g/mol. The van der Waals surface area contributed by atoms with Crippen LogP contribution < -0.4 is 11.1 Å². The van der Waals surface area contributed by atoms with E-state index in [9.17, 15) is 18.0 Å². The summed E-state index contributed by atoms with van der Waals surface area (Å²) in [6, 6.07) is 6.43. The lowest BCUT2D eigenvalue weighted by atomic mass is 9.54. The van der Waals surface area contributed by atoms with Gasteiger partial charge in [-0.2, -0.15) is 13.2 Å². The summed E-state index contributed by atoms with van der Waals surface area (Å²) in [5.41, 5.74) is 5.67. The van der Waals surface area contributed by atoms with E-state index in [-0.39, 0.29) is 30.8 Å². The van der Waals surface area contributed by atoms with Crippen molar-refractivity contribution in [2.75, 3.05) is 11.9 Å². The van der Waals surface area contributed by atoms with Crippen molar-refractivity contribution in [3.8, 4) is 0 Å². The second-order valence-electron chi connectivity index (χ2n) is 7.11. The van der Waals surface area contributed by atoms with Crippen molar-refractivity contribution in [1.82, 2.24) is 0 Å². The predicted molar refractivity (Wildman–Crippen MR) is 97.4 cm³/mol. The maximum absolute atomic E-state index is 12.6. The molecule has 0 aromatic heterocycles. The molecule has 148 valence electrons. The van der Waals surface area contributed by atoms with Crippen LogP contribution in [0.4, 0.5) is 18.9 Å². The molecule has 1 fully saturated rings. The highest BCUT2D eigenvalue weighted by molar-refractivity contribution is 5.99. The Hall–Kier alpha value is -1.31. The highest BCUT2D eigenvalue weighted by atomic mass is 35.5. The van der Waals surface area contributed by atoms with Gasteiger partial charge in [0.2, 0.25) is 5.91 Å². The average molecular weight is 395 g/mol. The van der Waals surface area contributed by atoms with Gasteiger partial charge in [0, 0.05) is 30.6 Å². The third-order valence-electron chi connectivity index (χ3n) is 5.12. The number of rotatable bonds is 6. The first kappa shape index (κ1) is 22.7. The van der Waals surface area contributed by atoms with E-state index in [1.54, 1.807) is 24.3 Å². The van der Waals surface area contributed by atoms with Crippen molar-refractivity contribution in [1.29, 1.82) is 0 Å². The number of aryl methyl sites for hydroxylation is 1. The third-order valence-corrected chi connectivity index (χ3v) is 5.12. The van der Waals surface area contributed by atoms with Crippen LogP contribution in [0.2, 0.25) is 0 Å². The van der Waals surface area contributed by atoms with E-state index in [0.717, 1.165) is 0 Å². The van der Waals surface area contributed by atoms with Gasteiger partial charge in [-0.3, -0.25) is 4.79 Å². The van der Waals surface area contributed by atoms with E-state index < -0.39 is 23.6 Å². The first-order valence-electron chi connectivity index (χ1n) is 8.37. The first-order valence-corrected chi connectivity index (χ1v) is 8.37. The number of anilines is 1. The number of carbonyl (C=O) groups is 1. The summed E-state index contributed by atoms with van der Waals surface area (Å²) in [5.74, 6) is -0.346. The summed E-state index contributed by atoms with van der Waals surface area (Å²) in [4.78, 5) is 12.6. The van der Waals surface area contributed by atoms with E-state index >= 15 is 0 Å². The molecule has 4 nitrogen and oxygen atoms in total. The van der Waals surface area contributed by atoms with Crippen LogP contribution >= 0.6 is 12.4 Å². The number of amides is 1. The number of carbonyl (C=O) groups excluding carboxylic acids is 1. The van der Waals surface area contributed by atoms with Gasteiger partial charge in [0.25, 0.3) is 0 Å². The number of hydrogen-bond donors (Lipinski definition) is 2. The van der Waals surface area contributed by atoms with Gasteiger partial charge in [0.15, 0.2) is 0 Å². The molecule has 2 rings (SSSR count). The molecule has 26 heavy (non-hydrogen) atoms. The van der Waals surface area contributed by atoms with E-state index in [1.165, 1.54) is 0 Å². The molecule has 1 aliphatic carbocycles. The SMILES string of the molecule is CCOC1CC(N)(C(=O)Nc2cccc(CCC(F)(F)F)c2)C1(C)C.Cl. The first-order chi connectivity index (χ1) is 11.5. The lowest BCUT2D eigenvalue weighted by Crippen LogP contribution is -2.74. The van der Waals surface area contributed by atoms with Crippen LogP contribution in [-0.4, -0.2) is 30.3 Å². The maximum atomic E-state index is 12.6. The quantitative estimate of drug-likeness (QED) is 0.764. The topological polar surface area (TPSA) is 64.3 Å². The predicted octanol–water partition coefficient (Wildman–Crippen LogP) is 4.07. The number of nitrogens with two attached hydrogens (primary N) is 1. The molecule has 1 aromatic carbocycles. The Kier molecular flexibility index (Phi) is 7.12. The number of hydrogen-bond acceptors (Lipinski definition) is 3. The van der Waals surface area contributed by atoms with Crippen LogP contribution in [0.5, 0.6) is 0 Å². The van der Waals surface area contributed by atoms with Crippen LogP contribution in [0.3, 0.4) is 0 Å². The molecule has 2 unspecified atom stereocenters. The van der Waals surface area contributed by atoms with Gasteiger partial charge in [-0.05, 0) is 31.0 Å². The molecular weight excluding hydrogens is 369 g/mol. The van der Waals surface area contributed by atoms with E-state index in [1.807, 2.05) is 20.8 Å². The molecule has 3 N–H and O–H groups in total. The van der Waals surface area contributed by atoms with Crippen LogP contribution in [0.1, 0.15) is 39.2 Å². The molecule has 0 spiro atoms. The van der Waals surface area contributed by atoms with Gasteiger partial charge >= 0.3 is 6.18 Å². The van der Waals surface area contributed by atoms with E-state index in [2.05, 4.69) is 5.32 Å². The largest absolute Gasteiger partial charge is 0.389 e. The number of halogens is 4. The second-order valence-corrected chi connectivity index (χ2v) is 7.11. The molecule has 1 aliphatic rings. The molecular formula is C18H26ClF3N2O2. The molecule has 2 atom stereocenters. The fraction of sp³-hybridized carbons (Fsp3) is 0.611. The van der Waals surface area contributed by atoms with Crippen molar-refractivity contribution in [3.05, 3.63) is 29.8 Å². The van der Waals surface area contributed by atoms with Crippen molar-refractivity contribution < 1.29 is 22.7 Å². The molecule has 0 saturated heterocycles. The number of alkyl halides is 3. The fourth-order valence-corrected chi connectivity index (χ4v) is 3.15. The van der Waals surface area contributed by atoms with Crippen molar-refractivity contribution in [2.24, 2.45) is 11.1 Å². The van der Waals surface area contributed by atoms with E-state index in [0.29, 0.717) is 24.3 Å². The van der Waals surface area contributed by atoms with E-state index in [4.69, 9.17) is 10.5 Å². The Morgan fingerprint density at radius 1 is 1.38 bits per heavy atom. The third kappa shape index (κ3) is 4.69.